The van der Waals surface area contributed by atoms with Crippen molar-refractivity contribution in [3.63, 3.8) is 0 Å². The van der Waals surface area contributed by atoms with Crippen molar-refractivity contribution < 1.29 is 4.79 Å². The van der Waals surface area contributed by atoms with E-state index in [1.165, 1.54) is 11.3 Å². The fourth-order valence-electron chi connectivity index (χ4n) is 3.74. The largest absolute Gasteiger partial charge is 0.353 e. The third-order valence-electron chi connectivity index (χ3n) is 5.34. The van der Waals surface area contributed by atoms with E-state index in [1.54, 1.807) is 0 Å². The molecule has 0 bridgehead atoms. The lowest BCUT2D eigenvalue weighted by Gasteiger charge is -2.30. The Hall–Kier alpha value is -2.07. The second kappa shape index (κ2) is 7.44. The minimum Gasteiger partial charge on any atom is -0.353 e. The average Bonchev–Trinajstić information content (AvgIpc) is 3.22. The minimum atomic E-state index is -0.146. The van der Waals surface area contributed by atoms with E-state index in [-0.39, 0.29) is 11.9 Å². The van der Waals surface area contributed by atoms with Gasteiger partial charge in [0.05, 0.1) is 12.1 Å². The molecule has 3 rings (SSSR count). The van der Waals surface area contributed by atoms with Crippen LogP contribution in [-0.4, -0.2) is 28.0 Å². The predicted octanol–water partition coefficient (Wildman–Crippen LogP) is 4.31. The van der Waals surface area contributed by atoms with Gasteiger partial charge in [-0.25, -0.2) is 0 Å². The summed E-state index contributed by atoms with van der Waals surface area (Å²) in [5, 5.41) is 3.08. The molecule has 1 aromatic carbocycles. The highest BCUT2D eigenvalue weighted by Gasteiger charge is 2.34. The fourth-order valence-corrected chi connectivity index (χ4v) is 3.74. The molecule has 2 atom stereocenters. The number of carbonyl (C=O) groups is 1. The van der Waals surface area contributed by atoms with E-state index >= 15 is 0 Å². The molecule has 1 aliphatic heterocycles. The van der Waals surface area contributed by atoms with Crippen molar-refractivity contribution in [3.8, 4) is 0 Å². The Kier molecular flexibility index (Phi) is 5.28. The highest BCUT2D eigenvalue weighted by atomic mass is 16.2. The monoisotopic (exact) mass is 339 g/mol. The zero-order valence-electron chi connectivity index (χ0n) is 15.7. The Balaban J connectivity index is 1.68. The second-order valence-corrected chi connectivity index (χ2v) is 7.38. The Bertz CT molecular complexity index is 717. The SMILES string of the molecule is CC(C)c1ccc(NC(=O)[C@@H](C)N2CCC[C@@H]2c2cccn2C)cc1. The number of hydrogen-bond donors (Lipinski definition) is 1. The maximum Gasteiger partial charge on any atom is 0.241 e. The first kappa shape index (κ1) is 17.7. The second-order valence-electron chi connectivity index (χ2n) is 7.38. The Morgan fingerprint density at radius 1 is 1.16 bits per heavy atom. The number of anilines is 1. The summed E-state index contributed by atoms with van der Waals surface area (Å²) < 4.78 is 2.16. The van der Waals surface area contributed by atoms with Gasteiger partial charge in [0, 0.05) is 24.6 Å². The van der Waals surface area contributed by atoms with Gasteiger partial charge >= 0.3 is 0 Å². The predicted molar refractivity (Wildman–Crippen MR) is 103 cm³/mol. The van der Waals surface area contributed by atoms with Gasteiger partial charge in [0.2, 0.25) is 5.91 Å². The number of benzene rings is 1. The maximum absolute atomic E-state index is 12.8. The summed E-state index contributed by atoms with van der Waals surface area (Å²) in [5.74, 6) is 0.567. The number of aromatic nitrogens is 1. The summed E-state index contributed by atoms with van der Waals surface area (Å²) in [4.78, 5) is 15.1. The maximum atomic E-state index is 12.8. The zero-order valence-corrected chi connectivity index (χ0v) is 15.7. The van der Waals surface area contributed by atoms with E-state index in [0.29, 0.717) is 12.0 Å². The third-order valence-corrected chi connectivity index (χ3v) is 5.34. The molecular weight excluding hydrogens is 310 g/mol. The van der Waals surface area contributed by atoms with E-state index < -0.39 is 0 Å². The van der Waals surface area contributed by atoms with E-state index in [0.717, 1.165) is 25.1 Å². The number of nitrogens with one attached hydrogen (secondary N) is 1. The average molecular weight is 339 g/mol. The molecule has 1 N–H and O–H groups in total. The lowest BCUT2D eigenvalue weighted by atomic mass is 10.0. The smallest absolute Gasteiger partial charge is 0.241 e. The van der Waals surface area contributed by atoms with Gasteiger partial charge in [-0.15, -0.1) is 0 Å². The van der Waals surface area contributed by atoms with Gasteiger partial charge in [-0.2, -0.15) is 0 Å². The van der Waals surface area contributed by atoms with Crippen LogP contribution in [-0.2, 0) is 11.8 Å². The molecule has 1 amide bonds. The Morgan fingerprint density at radius 2 is 1.88 bits per heavy atom. The normalized spacial score (nSPS) is 19.3. The number of rotatable bonds is 5. The van der Waals surface area contributed by atoms with Gasteiger partial charge in [-0.3, -0.25) is 9.69 Å². The molecule has 2 heterocycles. The van der Waals surface area contributed by atoms with Crippen molar-refractivity contribution in [2.24, 2.45) is 7.05 Å². The molecule has 0 aliphatic carbocycles. The minimum absolute atomic E-state index is 0.0680. The molecule has 1 aliphatic rings. The molecule has 0 unspecified atom stereocenters. The molecule has 4 heteroatoms. The first-order valence-electron chi connectivity index (χ1n) is 9.25. The highest BCUT2D eigenvalue weighted by molar-refractivity contribution is 5.94. The molecule has 2 aromatic rings. The molecule has 25 heavy (non-hydrogen) atoms. The van der Waals surface area contributed by atoms with Crippen LogP contribution in [0.1, 0.15) is 56.8 Å². The molecule has 4 nitrogen and oxygen atoms in total. The summed E-state index contributed by atoms with van der Waals surface area (Å²) in [6, 6.07) is 12.6. The molecule has 1 saturated heterocycles. The lowest BCUT2D eigenvalue weighted by Crippen LogP contribution is -2.42. The van der Waals surface area contributed by atoms with Gasteiger partial charge < -0.3 is 9.88 Å². The van der Waals surface area contributed by atoms with Gasteiger partial charge in [-0.05, 0) is 62.1 Å². The molecule has 0 saturated carbocycles. The number of carbonyl (C=O) groups excluding carboxylic acids is 1. The van der Waals surface area contributed by atoms with Crippen molar-refractivity contribution in [1.82, 2.24) is 9.47 Å². The fraction of sp³-hybridized carbons (Fsp3) is 0.476. The van der Waals surface area contributed by atoms with E-state index in [4.69, 9.17) is 0 Å². The summed E-state index contributed by atoms with van der Waals surface area (Å²) >= 11 is 0. The zero-order chi connectivity index (χ0) is 18.0. The van der Waals surface area contributed by atoms with Crippen molar-refractivity contribution in [2.75, 3.05) is 11.9 Å². The molecular formula is C21H29N3O. The van der Waals surface area contributed by atoms with Crippen LogP contribution < -0.4 is 5.32 Å². The van der Waals surface area contributed by atoms with Crippen molar-refractivity contribution in [3.05, 3.63) is 53.9 Å². The topological polar surface area (TPSA) is 37.3 Å². The number of amides is 1. The van der Waals surface area contributed by atoms with Crippen molar-refractivity contribution in [1.29, 1.82) is 0 Å². The highest BCUT2D eigenvalue weighted by Crippen LogP contribution is 2.33. The summed E-state index contributed by atoms with van der Waals surface area (Å²) in [6.45, 7) is 7.33. The summed E-state index contributed by atoms with van der Waals surface area (Å²) in [7, 11) is 2.08. The number of likely N-dealkylation sites (tertiary alicyclic amines) is 1. The Morgan fingerprint density at radius 3 is 2.48 bits per heavy atom. The van der Waals surface area contributed by atoms with Crippen LogP contribution >= 0.6 is 0 Å². The van der Waals surface area contributed by atoms with Crippen LogP contribution in [0.5, 0.6) is 0 Å². The molecule has 1 aromatic heterocycles. The van der Waals surface area contributed by atoms with Crippen LogP contribution in [0.4, 0.5) is 5.69 Å². The number of hydrogen-bond acceptors (Lipinski definition) is 2. The van der Waals surface area contributed by atoms with E-state index in [2.05, 4.69) is 66.1 Å². The number of aryl methyl sites for hydroxylation is 1. The van der Waals surface area contributed by atoms with Crippen molar-refractivity contribution >= 4 is 11.6 Å². The summed E-state index contributed by atoms with van der Waals surface area (Å²) in [5.41, 5.74) is 3.45. The quantitative estimate of drug-likeness (QED) is 0.881. The first-order valence-corrected chi connectivity index (χ1v) is 9.25. The van der Waals surface area contributed by atoms with Crippen LogP contribution in [0.25, 0.3) is 0 Å². The molecule has 134 valence electrons. The van der Waals surface area contributed by atoms with Gasteiger partial charge in [0.1, 0.15) is 0 Å². The van der Waals surface area contributed by atoms with Gasteiger partial charge in [-0.1, -0.05) is 26.0 Å². The molecule has 0 spiro atoms. The lowest BCUT2D eigenvalue weighted by molar-refractivity contribution is -0.121. The molecule has 1 fully saturated rings. The van der Waals surface area contributed by atoms with Gasteiger partial charge in [0.15, 0.2) is 0 Å². The van der Waals surface area contributed by atoms with Crippen LogP contribution in [0.3, 0.4) is 0 Å². The number of nitrogens with zero attached hydrogens (tertiary/aromatic N) is 2. The Labute approximate surface area is 150 Å². The van der Waals surface area contributed by atoms with Crippen LogP contribution in [0, 0.1) is 0 Å². The van der Waals surface area contributed by atoms with Crippen LogP contribution in [0.2, 0.25) is 0 Å². The van der Waals surface area contributed by atoms with Crippen molar-refractivity contribution in [2.45, 2.75) is 51.6 Å². The van der Waals surface area contributed by atoms with Gasteiger partial charge in [0.25, 0.3) is 0 Å². The molecule has 0 radical (unpaired) electrons. The van der Waals surface area contributed by atoms with E-state index in [9.17, 15) is 4.79 Å². The first-order chi connectivity index (χ1) is 12.0. The van der Waals surface area contributed by atoms with E-state index in [1.807, 2.05) is 19.1 Å². The van der Waals surface area contributed by atoms with Crippen LogP contribution in [0.15, 0.2) is 42.6 Å². The standard InChI is InChI=1S/C21H29N3O/c1-15(2)17-9-11-18(12-10-17)22-21(25)16(3)24-14-6-8-20(24)19-7-5-13-23(19)4/h5,7,9-13,15-16,20H,6,8,14H2,1-4H3,(H,22,25)/t16-,20-/m1/s1. The summed E-state index contributed by atoms with van der Waals surface area (Å²) in [6.07, 6.45) is 4.32. The third kappa shape index (κ3) is 3.79.